The van der Waals surface area contributed by atoms with Crippen LogP contribution in [0.25, 0.3) is 0 Å². The van der Waals surface area contributed by atoms with Gasteiger partial charge in [0.1, 0.15) is 0 Å². The SMILES string of the molecule is NN1C=CC=C(Br)N1. The van der Waals surface area contributed by atoms with Crippen LogP contribution in [0.2, 0.25) is 0 Å². The highest BCUT2D eigenvalue weighted by molar-refractivity contribution is 9.11. The Hall–Kier alpha value is -0.480. The van der Waals surface area contributed by atoms with E-state index in [-0.39, 0.29) is 0 Å². The maximum absolute atomic E-state index is 5.29. The predicted molar refractivity (Wildman–Crippen MR) is 35.3 cm³/mol. The minimum atomic E-state index is 0.863. The highest BCUT2D eigenvalue weighted by Crippen LogP contribution is 2.03. The van der Waals surface area contributed by atoms with Crippen LogP contribution in [0.5, 0.6) is 0 Å². The van der Waals surface area contributed by atoms with Crippen LogP contribution in [0, 0.1) is 0 Å². The average molecular weight is 176 g/mol. The average Bonchev–Trinajstić information content (AvgIpc) is 1.64. The summed E-state index contributed by atoms with van der Waals surface area (Å²) in [5.41, 5.74) is 2.78. The van der Waals surface area contributed by atoms with Gasteiger partial charge in [-0.2, -0.15) is 0 Å². The molecule has 0 aromatic heterocycles. The lowest BCUT2D eigenvalue weighted by molar-refractivity contribution is 0.322. The van der Waals surface area contributed by atoms with Crippen molar-refractivity contribution in [1.82, 2.24) is 10.5 Å². The van der Waals surface area contributed by atoms with E-state index in [1.807, 2.05) is 12.2 Å². The molecule has 0 bridgehead atoms. The van der Waals surface area contributed by atoms with Gasteiger partial charge in [-0.1, -0.05) is 0 Å². The van der Waals surface area contributed by atoms with Crippen molar-refractivity contribution in [1.29, 1.82) is 0 Å². The van der Waals surface area contributed by atoms with Crippen molar-refractivity contribution in [3.05, 3.63) is 23.0 Å². The third kappa shape index (κ3) is 1.24. The lowest BCUT2D eigenvalue weighted by Gasteiger charge is -2.17. The van der Waals surface area contributed by atoms with Crippen LogP contribution in [0.3, 0.4) is 0 Å². The van der Waals surface area contributed by atoms with E-state index in [4.69, 9.17) is 5.84 Å². The van der Waals surface area contributed by atoms with Gasteiger partial charge in [0.05, 0.1) is 4.61 Å². The van der Waals surface area contributed by atoms with Crippen molar-refractivity contribution in [3.63, 3.8) is 0 Å². The van der Waals surface area contributed by atoms with E-state index in [1.54, 1.807) is 6.20 Å². The van der Waals surface area contributed by atoms with Crippen molar-refractivity contribution in [2.75, 3.05) is 0 Å². The maximum atomic E-state index is 5.29. The van der Waals surface area contributed by atoms with E-state index >= 15 is 0 Å². The minimum absolute atomic E-state index is 0.863. The first-order chi connectivity index (χ1) is 3.79. The number of nitrogens with zero attached hydrogens (tertiary/aromatic N) is 1. The molecule has 0 amide bonds. The van der Waals surface area contributed by atoms with E-state index in [9.17, 15) is 0 Å². The Labute approximate surface area is 55.9 Å². The monoisotopic (exact) mass is 175 g/mol. The third-order valence-electron chi connectivity index (χ3n) is 0.725. The van der Waals surface area contributed by atoms with Gasteiger partial charge < -0.3 is 0 Å². The van der Waals surface area contributed by atoms with Gasteiger partial charge in [0, 0.05) is 6.20 Å². The van der Waals surface area contributed by atoms with E-state index in [1.165, 1.54) is 5.12 Å². The van der Waals surface area contributed by atoms with Crippen LogP contribution < -0.4 is 11.3 Å². The molecule has 0 radical (unpaired) electrons. The van der Waals surface area contributed by atoms with Gasteiger partial charge in [-0.25, -0.2) is 11.0 Å². The number of hydrazine groups is 2. The zero-order valence-electron chi connectivity index (χ0n) is 4.13. The molecular formula is C4H6BrN3. The number of nitrogens with one attached hydrogen (secondary N) is 1. The fourth-order valence-corrected chi connectivity index (χ4v) is 0.775. The summed E-state index contributed by atoms with van der Waals surface area (Å²) in [4.78, 5) is 0. The van der Waals surface area contributed by atoms with Gasteiger partial charge in [0.15, 0.2) is 0 Å². The molecule has 3 nitrogen and oxygen atoms in total. The molecule has 8 heavy (non-hydrogen) atoms. The largest absolute Gasteiger partial charge is 0.278 e. The van der Waals surface area contributed by atoms with Crippen LogP contribution in [0.4, 0.5) is 0 Å². The zero-order valence-corrected chi connectivity index (χ0v) is 5.72. The molecule has 1 rings (SSSR count). The Morgan fingerprint density at radius 1 is 1.75 bits per heavy atom. The summed E-state index contributed by atoms with van der Waals surface area (Å²) in [5, 5.41) is 1.37. The molecule has 0 aromatic rings. The fraction of sp³-hybridized carbons (Fsp3) is 0. The summed E-state index contributed by atoms with van der Waals surface area (Å²) in [6, 6.07) is 0. The van der Waals surface area contributed by atoms with Gasteiger partial charge in [0.25, 0.3) is 0 Å². The van der Waals surface area contributed by atoms with Crippen LogP contribution in [0.1, 0.15) is 0 Å². The highest BCUT2D eigenvalue weighted by Gasteiger charge is 1.94. The second-order valence-electron chi connectivity index (χ2n) is 1.38. The Morgan fingerprint density at radius 2 is 2.50 bits per heavy atom. The summed E-state index contributed by atoms with van der Waals surface area (Å²) in [5.74, 6) is 5.29. The molecule has 1 aliphatic rings. The molecule has 0 saturated carbocycles. The molecule has 0 aromatic carbocycles. The second kappa shape index (κ2) is 2.19. The van der Waals surface area contributed by atoms with Gasteiger partial charge in [-0.05, 0) is 28.1 Å². The maximum Gasteiger partial charge on any atom is 0.0983 e. The van der Waals surface area contributed by atoms with Crippen molar-refractivity contribution in [3.8, 4) is 0 Å². The molecule has 0 spiro atoms. The van der Waals surface area contributed by atoms with Crippen molar-refractivity contribution in [2.24, 2.45) is 5.84 Å². The molecule has 0 atom stereocenters. The van der Waals surface area contributed by atoms with Gasteiger partial charge >= 0.3 is 0 Å². The van der Waals surface area contributed by atoms with Crippen LogP contribution in [-0.4, -0.2) is 5.12 Å². The van der Waals surface area contributed by atoms with Gasteiger partial charge in [-0.15, -0.1) is 0 Å². The van der Waals surface area contributed by atoms with Crippen molar-refractivity contribution in [2.45, 2.75) is 0 Å². The normalized spacial score (nSPS) is 17.8. The Kier molecular flexibility index (Phi) is 1.55. The Morgan fingerprint density at radius 3 is 2.88 bits per heavy atom. The molecule has 44 valence electrons. The number of allylic oxidation sites excluding steroid dienone is 2. The topological polar surface area (TPSA) is 41.3 Å². The highest BCUT2D eigenvalue weighted by atomic mass is 79.9. The van der Waals surface area contributed by atoms with Crippen LogP contribution in [-0.2, 0) is 0 Å². The van der Waals surface area contributed by atoms with Crippen molar-refractivity contribution >= 4 is 15.9 Å². The summed E-state index contributed by atoms with van der Waals surface area (Å²) in [6.45, 7) is 0. The molecule has 0 fully saturated rings. The lowest BCUT2D eigenvalue weighted by Crippen LogP contribution is -2.38. The summed E-state index contributed by atoms with van der Waals surface area (Å²) < 4.78 is 0.863. The Balaban J connectivity index is 2.59. The van der Waals surface area contributed by atoms with Crippen molar-refractivity contribution < 1.29 is 0 Å². The molecule has 4 heteroatoms. The summed E-state index contributed by atoms with van der Waals surface area (Å²) in [6.07, 6.45) is 5.41. The standard InChI is InChI=1S/C4H6BrN3/c5-4-2-1-3-8(6)7-4/h1-3,7H,6H2. The second-order valence-corrected chi connectivity index (χ2v) is 2.23. The number of hydrogen-bond acceptors (Lipinski definition) is 3. The molecule has 3 N–H and O–H groups in total. The number of nitrogens with two attached hydrogens (primary N) is 1. The zero-order chi connectivity index (χ0) is 5.98. The number of rotatable bonds is 0. The van der Waals surface area contributed by atoms with Crippen LogP contribution >= 0.6 is 15.9 Å². The summed E-state index contributed by atoms with van der Waals surface area (Å²) >= 11 is 3.21. The minimum Gasteiger partial charge on any atom is -0.278 e. The third-order valence-corrected chi connectivity index (χ3v) is 1.17. The molecular weight excluding hydrogens is 170 g/mol. The van der Waals surface area contributed by atoms with E-state index in [0.717, 1.165) is 4.61 Å². The smallest absolute Gasteiger partial charge is 0.0983 e. The molecule has 1 aliphatic heterocycles. The Bertz CT molecular complexity index is 140. The molecule has 0 aliphatic carbocycles. The van der Waals surface area contributed by atoms with Gasteiger partial charge in [0.2, 0.25) is 0 Å². The fourth-order valence-electron chi connectivity index (χ4n) is 0.418. The van der Waals surface area contributed by atoms with Crippen LogP contribution in [0.15, 0.2) is 23.0 Å². The van der Waals surface area contributed by atoms with E-state index < -0.39 is 0 Å². The van der Waals surface area contributed by atoms with E-state index in [2.05, 4.69) is 21.4 Å². The molecule has 0 unspecified atom stereocenters. The molecule has 1 heterocycles. The first-order valence-electron chi connectivity index (χ1n) is 2.13. The molecule has 0 saturated heterocycles. The first-order valence-corrected chi connectivity index (χ1v) is 2.93. The quantitative estimate of drug-likeness (QED) is 0.415. The van der Waals surface area contributed by atoms with E-state index in [0.29, 0.717) is 0 Å². The number of halogens is 1. The predicted octanol–water partition coefficient (Wildman–Crippen LogP) is 0.430. The number of hydrogen-bond donors (Lipinski definition) is 2. The first kappa shape index (κ1) is 5.65. The van der Waals surface area contributed by atoms with Gasteiger partial charge in [-0.3, -0.25) is 5.43 Å². The summed E-state index contributed by atoms with van der Waals surface area (Å²) in [7, 11) is 0. The lowest BCUT2D eigenvalue weighted by atomic mass is 10.5.